The lowest BCUT2D eigenvalue weighted by atomic mass is 9.95. The molecule has 1 aromatic carbocycles. The molecule has 1 atom stereocenters. The number of aromatic nitrogens is 1. The molecule has 0 saturated carbocycles. The van der Waals surface area contributed by atoms with Crippen LogP contribution in [0.5, 0.6) is 0 Å². The van der Waals surface area contributed by atoms with Crippen molar-refractivity contribution in [1.82, 2.24) is 9.47 Å². The van der Waals surface area contributed by atoms with Gasteiger partial charge in [-0.25, -0.2) is 4.79 Å². The van der Waals surface area contributed by atoms with Gasteiger partial charge in [-0.3, -0.25) is 0 Å². The molecule has 1 aliphatic heterocycles. The Morgan fingerprint density at radius 1 is 1.11 bits per heavy atom. The van der Waals surface area contributed by atoms with Crippen molar-refractivity contribution >= 4 is 23.1 Å². The number of urea groups is 1. The van der Waals surface area contributed by atoms with Gasteiger partial charge in [0.1, 0.15) is 5.00 Å². The minimum absolute atomic E-state index is 0.0119. The first-order valence-electron chi connectivity index (χ1n) is 10.1. The third kappa shape index (κ3) is 2.76. The summed E-state index contributed by atoms with van der Waals surface area (Å²) in [4.78, 5) is 16.8. The molecule has 0 fully saturated rings. The molecule has 2 aromatic heterocycles. The van der Waals surface area contributed by atoms with Gasteiger partial charge in [0.05, 0.1) is 12.6 Å². The van der Waals surface area contributed by atoms with Gasteiger partial charge >= 0.3 is 6.03 Å². The van der Waals surface area contributed by atoms with Crippen LogP contribution in [0.15, 0.2) is 42.6 Å². The Morgan fingerprint density at radius 3 is 2.79 bits per heavy atom. The van der Waals surface area contributed by atoms with E-state index in [1.165, 1.54) is 46.0 Å². The van der Waals surface area contributed by atoms with Crippen molar-refractivity contribution < 1.29 is 4.79 Å². The fraction of sp³-hybridized carbons (Fsp3) is 0.348. The Hall–Kier alpha value is -2.53. The zero-order valence-corrected chi connectivity index (χ0v) is 17.2. The largest absolute Gasteiger partial charge is 0.322 e. The summed E-state index contributed by atoms with van der Waals surface area (Å²) in [5.41, 5.74) is 5.98. The molecule has 1 aliphatic carbocycles. The maximum absolute atomic E-state index is 13.3. The van der Waals surface area contributed by atoms with Gasteiger partial charge in [0.25, 0.3) is 0 Å². The van der Waals surface area contributed by atoms with Crippen LogP contribution in [0.1, 0.15) is 53.1 Å². The number of nitrogens with zero attached hydrogens (tertiary/aromatic N) is 2. The van der Waals surface area contributed by atoms with Gasteiger partial charge in [-0.05, 0) is 68.9 Å². The van der Waals surface area contributed by atoms with Gasteiger partial charge in [0, 0.05) is 28.0 Å². The lowest BCUT2D eigenvalue weighted by Crippen LogP contribution is -2.36. The topological polar surface area (TPSA) is 37.3 Å². The number of aryl methyl sites for hydroxylation is 2. The highest BCUT2D eigenvalue weighted by Gasteiger charge is 2.33. The number of amides is 2. The van der Waals surface area contributed by atoms with E-state index >= 15 is 0 Å². The first-order valence-corrected chi connectivity index (χ1v) is 10.9. The van der Waals surface area contributed by atoms with Crippen molar-refractivity contribution in [1.29, 1.82) is 0 Å². The predicted octanol–water partition coefficient (Wildman–Crippen LogP) is 5.83. The number of nitrogens with one attached hydrogen (secondary N) is 1. The number of carbonyl (C=O) groups is 1. The minimum atomic E-state index is -0.0295. The Kier molecular flexibility index (Phi) is 4.27. The summed E-state index contributed by atoms with van der Waals surface area (Å²) in [5, 5.41) is 4.46. The van der Waals surface area contributed by atoms with Crippen LogP contribution in [0.2, 0.25) is 0 Å². The van der Waals surface area contributed by atoms with E-state index in [2.05, 4.69) is 35.1 Å². The van der Waals surface area contributed by atoms with Gasteiger partial charge in [-0.2, -0.15) is 0 Å². The van der Waals surface area contributed by atoms with Gasteiger partial charge < -0.3 is 14.8 Å². The highest BCUT2D eigenvalue weighted by molar-refractivity contribution is 7.15. The SMILES string of the molecule is Cc1ccccc1NC(=O)N1Cc2c(sc3c2CCCC3)-n2cccc2[C@@H]1C. The molecule has 2 amide bonds. The zero-order chi connectivity index (χ0) is 19.3. The molecule has 0 unspecified atom stereocenters. The van der Waals surface area contributed by atoms with Crippen LogP contribution in [0, 0.1) is 6.92 Å². The molecule has 0 spiro atoms. The van der Waals surface area contributed by atoms with Crippen LogP contribution in [-0.2, 0) is 19.4 Å². The molecule has 5 heteroatoms. The first-order chi connectivity index (χ1) is 13.6. The van der Waals surface area contributed by atoms with Crippen LogP contribution < -0.4 is 5.32 Å². The maximum Gasteiger partial charge on any atom is 0.322 e. The summed E-state index contributed by atoms with van der Waals surface area (Å²) >= 11 is 1.93. The number of para-hydroxylation sites is 1. The maximum atomic E-state index is 13.3. The van der Waals surface area contributed by atoms with Crippen molar-refractivity contribution in [2.45, 2.75) is 52.1 Å². The van der Waals surface area contributed by atoms with Crippen molar-refractivity contribution in [2.24, 2.45) is 0 Å². The number of benzene rings is 1. The van der Waals surface area contributed by atoms with Gasteiger partial charge in [0.15, 0.2) is 0 Å². The van der Waals surface area contributed by atoms with Crippen molar-refractivity contribution in [3.05, 3.63) is 69.9 Å². The van der Waals surface area contributed by atoms with E-state index in [9.17, 15) is 4.79 Å². The lowest BCUT2D eigenvalue weighted by Gasteiger charge is -2.28. The quantitative estimate of drug-likeness (QED) is 0.556. The lowest BCUT2D eigenvalue weighted by molar-refractivity contribution is 0.189. The van der Waals surface area contributed by atoms with E-state index in [1.807, 2.05) is 47.4 Å². The Labute approximate surface area is 169 Å². The normalized spacial score (nSPS) is 18.1. The van der Waals surface area contributed by atoms with E-state index in [0.29, 0.717) is 6.54 Å². The Bertz CT molecular complexity index is 1050. The molecule has 3 heterocycles. The molecule has 28 heavy (non-hydrogen) atoms. The van der Waals surface area contributed by atoms with Crippen molar-refractivity contribution in [3.8, 4) is 5.00 Å². The average Bonchev–Trinajstić information content (AvgIpc) is 3.29. The predicted molar refractivity (Wildman–Crippen MR) is 114 cm³/mol. The number of hydrogen-bond acceptors (Lipinski definition) is 2. The van der Waals surface area contributed by atoms with E-state index in [1.54, 1.807) is 0 Å². The molecule has 1 N–H and O–H groups in total. The summed E-state index contributed by atoms with van der Waals surface area (Å²) in [6, 6.07) is 12.2. The Balaban J connectivity index is 1.56. The molecule has 0 bridgehead atoms. The van der Waals surface area contributed by atoms with E-state index in [-0.39, 0.29) is 12.1 Å². The summed E-state index contributed by atoms with van der Waals surface area (Å²) in [7, 11) is 0. The number of hydrogen-bond donors (Lipinski definition) is 1. The molecule has 144 valence electrons. The number of anilines is 1. The minimum Gasteiger partial charge on any atom is -0.312 e. The fourth-order valence-corrected chi connectivity index (χ4v) is 5.91. The van der Waals surface area contributed by atoms with Crippen molar-refractivity contribution in [3.63, 3.8) is 0 Å². The molecule has 3 aromatic rings. The van der Waals surface area contributed by atoms with E-state index < -0.39 is 0 Å². The highest BCUT2D eigenvalue weighted by atomic mass is 32.1. The van der Waals surface area contributed by atoms with Crippen LogP contribution >= 0.6 is 11.3 Å². The van der Waals surface area contributed by atoms with Crippen LogP contribution in [-0.4, -0.2) is 15.5 Å². The fourth-order valence-electron chi connectivity index (χ4n) is 4.51. The number of rotatable bonds is 1. The number of carbonyl (C=O) groups excluding carboxylic acids is 1. The Morgan fingerprint density at radius 2 is 1.93 bits per heavy atom. The summed E-state index contributed by atoms with van der Waals surface area (Å²) in [6.45, 7) is 4.83. The second kappa shape index (κ2) is 6.82. The van der Waals surface area contributed by atoms with E-state index in [4.69, 9.17) is 0 Å². The standard InChI is InChI=1S/C23H25N3OS/c1-15-8-3-5-10-19(15)24-23(27)26-14-18-17-9-4-6-12-21(17)28-22(18)25-13-7-11-20(25)16(26)2/h3,5,7-8,10-11,13,16H,4,6,9,12,14H2,1-2H3,(H,24,27)/t16-/m0/s1. The monoisotopic (exact) mass is 391 g/mol. The van der Waals surface area contributed by atoms with Crippen LogP contribution in [0.25, 0.3) is 5.00 Å². The summed E-state index contributed by atoms with van der Waals surface area (Å²) in [6.07, 6.45) is 6.99. The third-order valence-electron chi connectivity index (χ3n) is 6.13. The molecular weight excluding hydrogens is 366 g/mol. The van der Waals surface area contributed by atoms with Crippen LogP contribution in [0.4, 0.5) is 10.5 Å². The summed E-state index contributed by atoms with van der Waals surface area (Å²) in [5.74, 6) is 0. The third-order valence-corrected chi connectivity index (χ3v) is 7.46. The summed E-state index contributed by atoms with van der Waals surface area (Å²) < 4.78 is 2.31. The molecule has 5 rings (SSSR count). The zero-order valence-electron chi connectivity index (χ0n) is 16.4. The molecule has 0 radical (unpaired) electrons. The second-order valence-electron chi connectivity index (χ2n) is 7.85. The van der Waals surface area contributed by atoms with Gasteiger partial charge in [0.2, 0.25) is 0 Å². The molecule has 4 nitrogen and oxygen atoms in total. The van der Waals surface area contributed by atoms with E-state index in [0.717, 1.165) is 17.7 Å². The van der Waals surface area contributed by atoms with Gasteiger partial charge in [-0.1, -0.05) is 18.2 Å². The second-order valence-corrected chi connectivity index (χ2v) is 8.93. The molecule has 0 saturated heterocycles. The highest BCUT2D eigenvalue weighted by Crippen LogP contribution is 2.42. The first kappa shape index (κ1) is 17.6. The smallest absolute Gasteiger partial charge is 0.312 e. The molecule has 2 aliphatic rings. The van der Waals surface area contributed by atoms with Crippen LogP contribution in [0.3, 0.4) is 0 Å². The molecular formula is C23H25N3OS. The number of fused-ring (bicyclic) bond motifs is 5. The average molecular weight is 392 g/mol. The van der Waals surface area contributed by atoms with Crippen molar-refractivity contribution in [2.75, 3.05) is 5.32 Å². The van der Waals surface area contributed by atoms with Gasteiger partial charge in [-0.15, -0.1) is 11.3 Å². The number of thiophene rings is 1.